The van der Waals surface area contributed by atoms with Gasteiger partial charge >= 0.3 is 0 Å². The highest BCUT2D eigenvalue weighted by Crippen LogP contribution is 2.31. The van der Waals surface area contributed by atoms with Crippen LogP contribution in [0.25, 0.3) is 0 Å². The van der Waals surface area contributed by atoms with Crippen molar-refractivity contribution >= 4 is 18.3 Å². The second kappa shape index (κ2) is 8.00. The van der Waals surface area contributed by atoms with Gasteiger partial charge in [-0.2, -0.15) is 0 Å². The molecule has 0 saturated heterocycles. The van der Waals surface area contributed by atoms with Crippen LogP contribution in [0.2, 0.25) is 0 Å². The van der Waals surface area contributed by atoms with Gasteiger partial charge in [-0.1, -0.05) is 32.1 Å². The summed E-state index contributed by atoms with van der Waals surface area (Å²) in [5, 5.41) is 2.98. The summed E-state index contributed by atoms with van der Waals surface area (Å²) >= 11 is 0. The number of amides is 1. The quantitative estimate of drug-likeness (QED) is 0.782. The molecule has 1 unspecified atom stereocenters. The summed E-state index contributed by atoms with van der Waals surface area (Å²) in [7, 11) is 0. The van der Waals surface area contributed by atoms with E-state index in [9.17, 15) is 4.79 Å². The predicted molar refractivity (Wildman–Crippen MR) is 76.8 cm³/mol. The van der Waals surface area contributed by atoms with Crippen molar-refractivity contribution in [3.63, 3.8) is 0 Å². The molecular formula is C14H27ClN2O. The molecule has 0 aromatic heterocycles. The third kappa shape index (κ3) is 5.57. The fourth-order valence-electron chi connectivity index (χ4n) is 2.82. The smallest absolute Gasteiger partial charge is 0.220 e. The van der Waals surface area contributed by atoms with Gasteiger partial charge in [-0.05, 0) is 31.1 Å². The van der Waals surface area contributed by atoms with Gasteiger partial charge in [0.1, 0.15) is 0 Å². The third-order valence-corrected chi connectivity index (χ3v) is 4.27. The van der Waals surface area contributed by atoms with Gasteiger partial charge in [0.2, 0.25) is 5.91 Å². The molecule has 106 valence electrons. The number of carbonyl (C=O) groups is 1. The van der Waals surface area contributed by atoms with E-state index in [0.717, 1.165) is 12.3 Å². The third-order valence-electron chi connectivity index (χ3n) is 4.27. The minimum absolute atomic E-state index is 0. The first-order chi connectivity index (χ1) is 8.25. The lowest BCUT2D eigenvalue weighted by atomic mass is 9.86. The summed E-state index contributed by atoms with van der Waals surface area (Å²) in [5.74, 6) is 1.67. The average Bonchev–Trinajstić information content (AvgIpc) is 3.19. The average molecular weight is 275 g/mol. The van der Waals surface area contributed by atoms with Crippen LogP contribution < -0.4 is 11.1 Å². The minimum atomic E-state index is 0. The number of hydrogen-bond acceptors (Lipinski definition) is 2. The predicted octanol–water partition coefficient (Wildman–Crippen LogP) is 2.62. The van der Waals surface area contributed by atoms with E-state index >= 15 is 0 Å². The lowest BCUT2D eigenvalue weighted by Crippen LogP contribution is -2.38. The minimum Gasteiger partial charge on any atom is -0.355 e. The Kier molecular flexibility index (Phi) is 7.02. The molecule has 3 nitrogen and oxygen atoms in total. The van der Waals surface area contributed by atoms with Crippen molar-refractivity contribution in [1.82, 2.24) is 5.32 Å². The Balaban J connectivity index is 0.00000162. The lowest BCUT2D eigenvalue weighted by molar-refractivity contribution is -0.121. The molecular weight excluding hydrogens is 248 g/mol. The highest BCUT2D eigenvalue weighted by atomic mass is 35.5. The van der Waals surface area contributed by atoms with Crippen molar-refractivity contribution in [3.8, 4) is 0 Å². The fraction of sp³-hybridized carbons (Fsp3) is 0.929. The Hall–Kier alpha value is -0.280. The molecule has 2 saturated carbocycles. The number of halogens is 1. The van der Waals surface area contributed by atoms with Gasteiger partial charge in [-0.15, -0.1) is 12.4 Å². The summed E-state index contributed by atoms with van der Waals surface area (Å²) in [6, 6.07) is 0.189. The number of nitrogens with one attached hydrogen (secondary N) is 1. The van der Waals surface area contributed by atoms with Crippen molar-refractivity contribution in [3.05, 3.63) is 0 Å². The zero-order valence-electron chi connectivity index (χ0n) is 11.2. The highest BCUT2D eigenvalue weighted by Gasteiger charge is 2.28. The Labute approximate surface area is 117 Å². The van der Waals surface area contributed by atoms with Crippen LogP contribution in [0.1, 0.15) is 57.8 Å². The first-order valence-corrected chi connectivity index (χ1v) is 7.28. The molecule has 18 heavy (non-hydrogen) atoms. The number of hydrogen-bond donors (Lipinski definition) is 2. The van der Waals surface area contributed by atoms with Crippen LogP contribution in [0.3, 0.4) is 0 Å². The van der Waals surface area contributed by atoms with Crippen molar-refractivity contribution in [1.29, 1.82) is 0 Å². The molecule has 0 spiro atoms. The molecule has 0 bridgehead atoms. The zero-order valence-corrected chi connectivity index (χ0v) is 12.0. The molecule has 1 amide bonds. The Morgan fingerprint density at radius 2 is 1.83 bits per heavy atom. The summed E-state index contributed by atoms with van der Waals surface area (Å²) in [5.41, 5.74) is 5.95. The van der Waals surface area contributed by atoms with E-state index in [1.807, 2.05) is 0 Å². The van der Waals surface area contributed by atoms with Gasteiger partial charge in [0, 0.05) is 19.0 Å². The van der Waals surface area contributed by atoms with E-state index in [-0.39, 0.29) is 24.4 Å². The van der Waals surface area contributed by atoms with Crippen molar-refractivity contribution in [2.45, 2.75) is 63.8 Å². The maximum atomic E-state index is 11.7. The van der Waals surface area contributed by atoms with Crippen molar-refractivity contribution in [2.24, 2.45) is 17.6 Å². The first kappa shape index (κ1) is 15.8. The van der Waals surface area contributed by atoms with Crippen LogP contribution in [-0.2, 0) is 4.79 Å². The lowest BCUT2D eigenvalue weighted by Gasteiger charge is -2.21. The molecule has 1 atom stereocenters. The normalized spacial score (nSPS) is 22.1. The standard InChI is InChI=1S/C14H26N2O.ClH/c15-13(12-7-8-12)10-16-14(17)9-6-11-4-2-1-3-5-11;/h11-13H,1-10,15H2,(H,16,17);1H. The molecule has 0 heterocycles. The van der Waals surface area contributed by atoms with Crippen LogP contribution in [0.4, 0.5) is 0 Å². The van der Waals surface area contributed by atoms with E-state index in [1.165, 1.54) is 44.9 Å². The van der Waals surface area contributed by atoms with E-state index in [4.69, 9.17) is 5.73 Å². The monoisotopic (exact) mass is 274 g/mol. The van der Waals surface area contributed by atoms with Gasteiger partial charge in [0.25, 0.3) is 0 Å². The van der Waals surface area contributed by atoms with Gasteiger partial charge < -0.3 is 11.1 Å². The number of carbonyl (C=O) groups excluding carboxylic acids is 1. The van der Waals surface area contributed by atoms with Crippen molar-refractivity contribution < 1.29 is 4.79 Å². The van der Waals surface area contributed by atoms with Gasteiger partial charge in [0.05, 0.1) is 0 Å². The first-order valence-electron chi connectivity index (χ1n) is 7.28. The Morgan fingerprint density at radius 3 is 2.44 bits per heavy atom. The molecule has 2 aliphatic rings. The summed E-state index contributed by atoms with van der Waals surface area (Å²) in [4.78, 5) is 11.7. The zero-order chi connectivity index (χ0) is 12.1. The molecule has 4 heteroatoms. The molecule has 3 N–H and O–H groups in total. The van der Waals surface area contributed by atoms with Crippen LogP contribution >= 0.6 is 12.4 Å². The topological polar surface area (TPSA) is 55.1 Å². The van der Waals surface area contributed by atoms with Crippen LogP contribution in [-0.4, -0.2) is 18.5 Å². The molecule has 2 fully saturated rings. The van der Waals surface area contributed by atoms with Gasteiger partial charge in [-0.25, -0.2) is 0 Å². The van der Waals surface area contributed by atoms with Crippen LogP contribution in [0, 0.1) is 11.8 Å². The number of nitrogens with two attached hydrogens (primary N) is 1. The summed E-state index contributed by atoms with van der Waals surface area (Å²) in [6.07, 6.45) is 11.0. The molecule has 0 radical (unpaired) electrons. The molecule has 2 aliphatic carbocycles. The van der Waals surface area contributed by atoms with Crippen LogP contribution in [0.5, 0.6) is 0 Å². The molecule has 0 aromatic carbocycles. The Bertz CT molecular complexity index is 250. The van der Waals surface area contributed by atoms with Gasteiger partial charge in [-0.3, -0.25) is 4.79 Å². The van der Waals surface area contributed by atoms with E-state index in [0.29, 0.717) is 18.9 Å². The second-order valence-electron chi connectivity index (χ2n) is 5.85. The van der Waals surface area contributed by atoms with E-state index in [2.05, 4.69) is 5.32 Å². The van der Waals surface area contributed by atoms with E-state index in [1.54, 1.807) is 0 Å². The maximum Gasteiger partial charge on any atom is 0.220 e. The van der Waals surface area contributed by atoms with E-state index < -0.39 is 0 Å². The highest BCUT2D eigenvalue weighted by molar-refractivity contribution is 5.85. The SMILES string of the molecule is Cl.NC(CNC(=O)CCC1CCCCC1)C1CC1. The molecule has 2 rings (SSSR count). The van der Waals surface area contributed by atoms with Crippen molar-refractivity contribution in [2.75, 3.05) is 6.54 Å². The molecule has 0 aromatic rings. The largest absolute Gasteiger partial charge is 0.355 e. The maximum absolute atomic E-state index is 11.7. The number of rotatable bonds is 6. The second-order valence-corrected chi connectivity index (χ2v) is 5.85. The summed E-state index contributed by atoms with van der Waals surface area (Å²) in [6.45, 7) is 0.675. The fourth-order valence-corrected chi connectivity index (χ4v) is 2.82. The molecule has 0 aliphatic heterocycles. The van der Waals surface area contributed by atoms with Crippen LogP contribution in [0.15, 0.2) is 0 Å². The summed E-state index contributed by atoms with van der Waals surface area (Å²) < 4.78 is 0. The van der Waals surface area contributed by atoms with Gasteiger partial charge in [0.15, 0.2) is 0 Å². The Morgan fingerprint density at radius 1 is 1.17 bits per heavy atom.